The van der Waals surface area contributed by atoms with E-state index in [4.69, 9.17) is 9.47 Å². The van der Waals surface area contributed by atoms with Crippen LogP contribution in [0.3, 0.4) is 0 Å². The lowest BCUT2D eigenvalue weighted by molar-refractivity contribution is -0.299. The van der Waals surface area contributed by atoms with E-state index in [2.05, 4.69) is 20.8 Å². The summed E-state index contributed by atoms with van der Waals surface area (Å²) in [5, 5.41) is 84.2. The molecular formula is C34H56O10. The van der Waals surface area contributed by atoms with Gasteiger partial charge in [0.25, 0.3) is 0 Å². The molecule has 0 aromatic carbocycles. The first-order chi connectivity index (χ1) is 20.6. The highest BCUT2D eigenvalue weighted by Gasteiger charge is 2.63. The zero-order valence-corrected chi connectivity index (χ0v) is 26.9. The van der Waals surface area contributed by atoms with Gasteiger partial charge >= 0.3 is 0 Å². The van der Waals surface area contributed by atoms with E-state index >= 15 is 0 Å². The smallest absolute Gasteiger partial charge is 0.187 e. The Morgan fingerprint density at radius 1 is 0.977 bits per heavy atom. The fourth-order valence-electron chi connectivity index (χ4n) is 10.1. The molecule has 1 saturated heterocycles. The Hall–Kier alpha value is -0.920. The summed E-state index contributed by atoms with van der Waals surface area (Å²) in [6.07, 6.45) is -1.88. The van der Waals surface area contributed by atoms with Gasteiger partial charge in [0.05, 0.1) is 37.6 Å². The molecule has 0 radical (unpaired) electrons. The van der Waals surface area contributed by atoms with Crippen molar-refractivity contribution in [2.24, 2.45) is 40.4 Å². The van der Waals surface area contributed by atoms with Crippen LogP contribution in [0.15, 0.2) is 22.8 Å². The van der Waals surface area contributed by atoms with Crippen LogP contribution < -0.4 is 0 Å². The summed E-state index contributed by atoms with van der Waals surface area (Å²) in [6.45, 7) is 10.0. The molecule has 0 aromatic heterocycles. The molecule has 0 unspecified atom stereocenters. The molecule has 0 aromatic rings. The molecule has 4 aliphatic carbocycles. The van der Waals surface area contributed by atoms with Crippen molar-refractivity contribution in [1.82, 2.24) is 0 Å². The van der Waals surface area contributed by atoms with Crippen LogP contribution >= 0.6 is 0 Å². The van der Waals surface area contributed by atoms with E-state index in [0.717, 1.165) is 42.4 Å². The lowest BCUT2D eigenvalue weighted by Gasteiger charge is -2.60. The van der Waals surface area contributed by atoms with Crippen LogP contribution in [0, 0.1) is 40.4 Å². The van der Waals surface area contributed by atoms with Gasteiger partial charge in [-0.15, -0.1) is 0 Å². The fraction of sp³-hybridized carbons (Fsp3) is 0.882. The molecule has 4 fully saturated rings. The van der Waals surface area contributed by atoms with Crippen LogP contribution in [0.2, 0.25) is 0 Å². The topological polar surface area (TPSA) is 180 Å². The Kier molecular flexibility index (Phi) is 10.1. The van der Waals surface area contributed by atoms with E-state index < -0.39 is 67.1 Å². The van der Waals surface area contributed by atoms with Gasteiger partial charge in [-0.3, -0.25) is 0 Å². The molecule has 3 saturated carbocycles. The quantitative estimate of drug-likeness (QED) is 0.184. The van der Waals surface area contributed by atoms with E-state index in [-0.39, 0.29) is 41.6 Å². The molecule has 1 aliphatic heterocycles. The predicted molar refractivity (Wildman–Crippen MR) is 162 cm³/mol. The Morgan fingerprint density at radius 2 is 1.68 bits per heavy atom. The van der Waals surface area contributed by atoms with Gasteiger partial charge in [-0.1, -0.05) is 38.0 Å². The van der Waals surface area contributed by atoms with Crippen LogP contribution in [-0.2, 0) is 9.47 Å². The zero-order chi connectivity index (χ0) is 32.3. The first kappa shape index (κ1) is 34.4. The standard InChI is InChI=1S/C34H56O10/c1-16(17(2)15-43-32-31(42)30(41)29(40)26(14-35)44-32)10-24(37)18(3)21-6-7-22-28-23(8-9-33(21,22)4)34(5)19(12-25(28)38)11-20(36)13-27(34)39/h12,18,20-32,35-42H,6-11,13-15H2,1-5H3/b17-16+/t18-,20+,21+,22-,23-,24+,25+,26+,27-,28-,29+,30-,31+,32+,33+,34-/m0/s1. The fourth-order valence-corrected chi connectivity index (χ4v) is 10.1. The number of aliphatic hydroxyl groups excluding tert-OH is 8. The second-order valence-corrected chi connectivity index (χ2v) is 15.3. The highest BCUT2D eigenvalue weighted by Crippen LogP contribution is 2.67. The summed E-state index contributed by atoms with van der Waals surface area (Å²) in [6, 6.07) is 0. The van der Waals surface area contributed by atoms with Crippen molar-refractivity contribution in [1.29, 1.82) is 0 Å². The number of hydrogen-bond donors (Lipinski definition) is 8. The third-order valence-corrected chi connectivity index (χ3v) is 13.1. The third-order valence-electron chi connectivity index (χ3n) is 13.1. The summed E-state index contributed by atoms with van der Waals surface area (Å²) in [5.74, 6) is 0.799. The van der Waals surface area contributed by atoms with Gasteiger partial charge in [0.1, 0.15) is 24.4 Å². The average molecular weight is 625 g/mol. The Morgan fingerprint density at radius 3 is 2.36 bits per heavy atom. The lowest BCUT2D eigenvalue weighted by atomic mass is 9.45. The SMILES string of the molecule is C/C(CO[C@@H]1O[C@H](CO)[C@@H](O)[C@H](O)[C@H]1O)=C(/C)C[C@@H](O)[C@@H](C)[C@H]1CC[C@H]2[C@@H]3[C@H](O)C=C4C[C@@H](O)C[C@H](O)[C@]4(C)[C@H]3CC[C@]12C. The first-order valence-electron chi connectivity index (χ1n) is 16.7. The minimum Gasteiger partial charge on any atom is -0.394 e. The molecule has 1 heterocycles. The van der Waals surface area contributed by atoms with Gasteiger partial charge in [-0.05, 0) is 93.0 Å². The molecule has 252 valence electrons. The van der Waals surface area contributed by atoms with Crippen molar-refractivity contribution in [2.45, 2.75) is 135 Å². The minimum atomic E-state index is -1.50. The van der Waals surface area contributed by atoms with Crippen molar-refractivity contribution in [3.8, 4) is 0 Å². The van der Waals surface area contributed by atoms with E-state index in [0.29, 0.717) is 19.3 Å². The van der Waals surface area contributed by atoms with Gasteiger partial charge in [0.2, 0.25) is 0 Å². The number of fused-ring (bicyclic) bond motifs is 5. The largest absolute Gasteiger partial charge is 0.394 e. The molecule has 44 heavy (non-hydrogen) atoms. The molecule has 10 heteroatoms. The first-order valence-corrected chi connectivity index (χ1v) is 16.7. The van der Waals surface area contributed by atoms with E-state index in [9.17, 15) is 40.9 Å². The van der Waals surface area contributed by atoms with Crippen LogP contribution in [0.1, 0.15) is 79.6 Å². The summed E-state index contributed by atoms with van der Waals surface area (Å²) < 4.78 is 11.2. The minimum absolute atomic E-state index is 0.0218. The molecule has 0 amide bonds. The van der Waals surface area contributed by atoms with Gasteiger partial charge in [-0.2, -0.15) is 0 Å². The number of hydrogen-bond acceptors (Lipinski definition) is 10. The second-order valence-electron chi connectivity index (χ2n) is 15.3. The van der Waals surface area contributed by atoms with Crippen molar-refractivity contribution in [2.75, 3.05) is 13.2 Å². The lowest BCUT2D eigenvalue weighted by Crippen LogP contribution is -2.59. The molecule has 0 bridgehead atoms. The zero-order valence-electron chi connectivity index (χ0n) is 26.9. The number of ether oxygens (including phenoxy) is 2. The molecule has 8 N–H and O–H groups in total. The van der Waals surface area contributed by atoms with Crippen LogP contribution in [0.5, 0.6) is 0 Å². The molecule has 5 aliphatic rings. The van der Waals surface area contributed by atoms with Crippen molar-refractivity contribution in [3.63, 3.8) is 0 Å². The van der Waals surface area contributed by atoms with Crippen LogP contribution in [-0.4, -0.2) is 109 Å². The summed E-state index contributed by atoms with van der Waals surface area (Å²) >= 11 is 0. The molecule has 5 rings (SSSR count). The molecular weight excluding hydrogens is 568 g/mol. The summed E-state index contributed by atoms with van der Waals surface area (Å²) in [7, 11) is 0. The van der Waals surface area contributed by atoms with Crippen LogP contribution in [0.25, 0.3) is 0 Å². The highest BCUT2D eigenvalue weighted by atomic mass is 16.7. The van der Waals surface area contributed by atoms with Gasteiger partial charge in [0.15, 0.2) is 6.29 Å². The Bertz CT molecular complexity index is 1090. The maximum absolute atomic E-state index is 11.5. The van der Waals surface area contributed by atoms with Crippen molar-refractivity contribution < 1.29 is 50.3 Å². The van der Waals surface area contributed by atoms with Crippen LogP contribution in [0.4, 0.5) is 0 Å². The maximum Gasteiger partial charge on any atom is 0.187 e. The van der Waals surface area contributed by atoms with E-state index in [1.807, 2.05) is 19.9 Å². The van der Waals surface area contributed by atoms with E-state index in [1.54, 1.807) is 0 Å². The number of rotatable bonds is 8. The summed E-state index contributed by atoms with van der Waals surface area (Å²) in [5.41, 5.74) is 2.36. The Balaban J connectivity index is 1.24. The Labute approximate surface area is 261 Å². The molecule has 0 spiro atoms. The predicted octanol–water partition coefficient (Wildman–Crippen LogP) is 1.41. The number of aliphatic hydroxyl groups is 8. The molecule has 10 nitrogen and oxygen atoms in total. The third kappa shape index (κ3) is 5.76. The van der Waals surface area contributed by atoms with Crippen molar-refractivity contribution in [3.05, 3.63) is 22.8 Å². The van der Waals surface area contributed by atoms with Gasteiger partial charge in [0, 0.05) is 11.8 Å². The average Bonchev–Trinajstić information content (AvgIpc) is 3.33. The second kappa shape index (κ2) is 12.9. The highest BCUT2D eigenvalue weighted by molar-refractivity contribution is 5.30. The maximum atomic E-state index is 11.5. The molecule has 16 atom stereocenters. The van der Waals surface area contributed by atoms with Gasteiger partial charge in [-0.25, -0.2) is 0 Å². The summed E-state index contributed by atoms with van der Waals surface area (Å²) in [4.78, 5) is 0. The van der Waals surface area contributed by atoms with Gasteiger partial charge < -0.3 is 50.3 Å². The van der Waals surface area contributed by atoms with E-state index in [1.165, 1.54) is 0 Å². The monoisotopic (exact) mass is 624 g/mol. The van der Waals surface area contributed by atoms with Crippen molar-refractivity contribution >= 4 is 0 Å². The normalized spacial score (nSPS) is 49.2.